The van der Waals surface area contributed by atoms with Crippen molar-refractivity contribution in [3.63, 3.8) is 0 Å². The Morgan fingerprint density at radius 1 is 1.11 bits per heavy atom. The molecule has 1 aromatic carbocycles. The fourth-order valence-corrected chi connectivity index (χ4v) is 5.62. The van der Waals surface area contributed by atoms with Gasteiger partial charge in [-0.1, -0.05) is 42.4 Å². The predicted molar refractivity (Wildman–Crippen MR) is 141 cm³/mol. The first-order chi connectivity index (χ1) is 18.5. The Balaban J connectivity index is 1.25. The van der Waals surface area contributed by atoms with Gasteiger partial charge in [0, 0.05) is 43.4 Å². The number of rotatable bonds is 6. The molecule has 0 saturated carbocycles. The predicted octanol–water partition coefficient (Wildman–Crippen LogP) is 3.45. The van der Waals surface area contributed by atoms with Gasteiger partial charge in [-0.2, -0.15) is 5.10 Å². The molecule has 0 bridgehead atoms. The summed E-state index contributed by atoms with van der Waals surface area (Å²) >= 11 is 0. The Bertz CT molecular complexity index is 1430. The van der Waals surface area contributed by atoms with Gasteiger partial charge in [0.15, 0.2) is 11.5 Å². The topological polar surface area (TPSA) is 98.1 Å². The van der Waals surface area contributed by atoms with E-state index >= 15 is 0 Å². The van der Waals surface area contributed by atoms with E-state index in [1.54, 1.807) is 6.33 Å². The lowest BCUT2D eigenvalue weighted by Crippen LogP contribution is -2.38. The maximum atomic E-state index is 13.8. The first-order valence-corrected chi connectivity index (χ1v) is 13.4. The minimum Gasteiger partial charge on any atom is -0.361 e. The van der Waals surface area contributed by atoms with Crippen molar-refractivity contribution in [2.24, 2.45) is 13.0 Å². The number of carbonyl (C=O) groups excluding carboxylic acids is 1. The second kappa shape index (κ2) is 10.2. The molecule has 38 heavy (non-hydrogen) atoms. The monoisotopic (exact) mass is 514 g/mol. The van der Waals surface area contributed by atoms with Crippen LogP contribution in [0.15, 0.2) is 41.2 Å². The van der Waals surface area contributed by atoms with Crippen molar-refractivity contribution in [1.82, 2.24) is 39.5 Å². The molecule has 0 aliphatic carbocycles. The summed E-state index contributed by atoms with van der Waals surface area (Å²) < 4.78 is 9.46. The van der Waals surface area contributed by atoms with Crippen molar-refractivity contribution in [1.29, 1.82) is 0 Å². The van der Waals surface area contributed by atoms with Gasteiger partial charge in [0.1, 0.15) is 17.8 Å². The summed E-state index contributed by atoms with van der Waals surface area (Å²) in [6.45, 7) is 8.68. The number of hydrogen-bond donors (Lipinski definition) is 0. The zero-order chi connectivity index (χ0) is 26.2. The van der Waals surface area contributed by atoms with E-state index in [0.29, 0.717) is 44.1 Å². The van der Waals surface area contributed by atoms with Crippen LogP contribution < -0.4 is 0 Å². The van der Waals surface area contributed by atoms with Crippen molar-refractivity contribution in [2.45, 2.75) is 52.7 Å². The van der Waals surface area contributed by atoms with Gasteiger partial charge in [0.05, 0.1) is 13.1 Å². The number of hydrogen-bond acceptors (Lipinski definition) is 7. The second-order valence-electron chi connectivity index (χ2n) is 10.7. The highest BCUT2D eigenvalue weighted by Gasteiger charge is 2.32. The van der Waals surface area contributed by atoms with Crippen molar-refractivity contribution in [3.8, 4) is 11.5 Å². The summed E-state index contributed by atoms with van der Waals surface area (Å²) in [4.78, 5) is 18.0. The molecule has 0 unspecified atom stereocenters. The number of aromatic nitrogens is 6. The van der Waals surface area contributed by atoms with E-state index < -0.39 is 0 Å². The maximum absolute atomic E-state index is 13.8. The Morgan fingerprint density at radius 2 is 1.89 bits per heavy atom. The summed E-state index contributed by atoms with van der Waals surface area (Å²) in [5.41, 5.74) is 5.41. The third-order valence-electron chi connectivity index (χ3n) is 8.00. The minimum atomic E-state index is -0.0894. The number of nitrogens with zero attached hydrogens (tertiary/aromatic N) is 8. The lowest BCUT2D eigenvalue weighted by atomic mass is 9.98. The smallest absolute Gasteiger partial charge is 0.276 e. The molecule has 6 rings (SSSR count). The molecule has 1 amide bonds. The molecule has 0 spiro atoms. The Kier molecular flexibility index (Phi) is 6.57. The highest BCUT2D eigenvalue weighted by Crippen LogP contribution is 2.30. The van der Waals surface area contributed by atoms with Crippen molar-refractivity contribution >= 4 is 5.91 Å². The number of aryl methyl sites for hydroxylation is 2. The third kappa shape index (κ3) is 4.64. The van der Waals surface area contributed by atoms with Crippen LogP contribution in [-0.2, 0) is 33.1 Å². The van der Waals surface area contributed by atoms with Gasteiger partial charge in [-0.3, -0.25) is 14.4 Å². The number of piperidine rings is 1. The number of amides is 1. The average Bonchev–Trinajstić information content (AvgIpc) is 3.63. The second-order valence-corrected chi connectivity index (χ2v) is 10.7. The average molecular weight is 515 g/mol. The number of likely N-dealkylation sites (tertiary alicyclic amines) is 1. The molecule has 0 N–H and O–H groups in total. The van der Waals surface area contributed by atoms with Crippen LogP contribution in [0, 0.1) is 12.8 Å². The van der Waals surface area contributed by atoms with E-state index in [2.05, 4.69) is 39.3 Å². The van der Waals surface area contributed by atoms with Crippen molar-refractivity contribution in [3.05, 3.63) is 70.5 Å². The van der Waals surface area contributed by atoms with Crippen LogP contribution in [0.3, 0.4) is 0 Å². The third-order valence-corrected chi connectivity index (χ3v) is 8.00. The molecular weight excluding hydrogens is 480 g/mol. The quantitative estimate of drug-likeness (QED) is 0.389. The normalized spacial score (nSPS) is 16.7. The number of fused-ring (bicyclic) bond motifs is 1. The van der Waals surface area contributed by atoms with Crippen LogP contribution in [0.4, 0.5) is 0 Å². The van der Waals surface area contributed by atoms with Gasteiger partial charge in [0.25, 0.3) is 5.91 Å². The molecule has 10 nitrogen and oxygen atoms in total. The van der Waals surface area contributed by atoms with Gasteiger partial charge < -0.3 is 14.0 Å². The lowest BCUT2D eigenvalue weighted by molar-refractivity contribution is 0.0720. The molecule has 1 fully saturated rings. The Hall–Kier alpha value is -3.79. The fourth-order valence-electron chi connectivity index (χ4n) is 5.62. The highest BCUT2D eigenvalue weighted by atomic mass is 16.5. The fraction of sp³-hybridized carbons (Fsp3) is 0.464. The van der Waals surface area contributed by atoms with Crippen LogP contribution in [0.25, 0.3) is 11.5 Å². The summed E-state index contributed by atoms with van der Waals surface area (Å²) in [7, 11) is 1.95. The maximum Gasteiger partial charge on any atom is 0.276 e. The SMILES string of the molecule is Cc1onc(C(=O)N2CCc3c(c(-c4nncn4Cc4ccccc4)nn3C)C2)c1CN1CCC(C)CC1. The van der Waals surface area contributed by atoms with E-state index in [-0.39, 0.29) is 5.91 Å². The molecule has 3 aromatic heterocycles. The molecule has 4 aromatic rings. The molecule has 0 radical (unpaired) electrons. The molecule has 5 heterocycles. The summed E-state index contributed by atoms with van der Waals surface area (Å²) in [5.74, 6) is 2.09. The van der Waals surface area contributed by atoms with Crippen LogP contribution in [0.2, 0.25) is 0 Å². The van der Waals surface area contributed by atoms with Gasteiger partial charge >= 0.3 is 0 Å². The molecule has 1 saturated heterocycles. The molecule has 10 heteroatoms. The summed E-state index contributed by atoms with van der Waals surface area (Å²) in [6.07, 6.45) is 4.82. The van der Waals surface area contributed by atoms with Crippen LogP contribution in [0.5, 0.6) is 0 Å². The van der Waals surface area contributed by atoms with E-state index in [9.17, 15) is 4.79 Å². The molecule has 0 atom stereocenters. The standard InChI is InChI=1S/C28H34N8O2/c1-19-9-12-34(13-10-19)16-22-20(2)38-32-26(22)28(37)35-14-11-24-23(17-35)25(31-33(24)3)27-30-29-18-36(27)15-21-7-5-4-6-8-21/h4-8,18-19H,9-17H2,1-3H3. The first-order valence-electron chi connectivity index (χ1n) is 13.4. The number of carbonyl (C=O) groups is 1. The van der Waals surface area contributed by atoms with Crippen LogP contribution in [0.1, 0.15) is 58.4 Å². The zero-order valence-corrected chi connectivity index (χ0v) is 22.3. The van der Waals surface area contributed by atoms with Crippen LogP contribution in [-0.4, -0.2) is 65.0 Å². The minimum absolute atomic E-state index is 0.0894. The lowest BCUT2D eigenvalue weighted by Gasteiger charge is -2.30. The molecule has 2 aliphatic rings. The molecular formula is C28H34N8O2. The zero-order valence-electron chi connectivity index (χ0n) is 22.3. The van der Waals surface area contributed by atoms with Gasteiger partial charge in [0.2, 0.25) is 0 Å². The largest absolute Gasteiger partial charge is 0.361 e. The first kappa shape index (κ1) is 24.5. The highest BCUT2D eigenvalue weighted by molar-refractivity contribution is 5.94. The van der Waals surface area contributed by atoms with Gasteiger partial charge in [-0.25, -0.2) is 0 Å². The van der Waals surface area contributed by atoms with Crippen LogP contribution >= 0.6 is 0 Å². The van der Waals surface area contributed by atoms with E-state index in [4.69, 9.17) is 9.62 Å². The summed E-state index contributed by atoms with van der Waals surface area (Å²) in [5, 5.41) is 17.7. The van der Waals surface area contributed by atoms with Gasteiger partial charge in [-0.15, -0.1) is 10.2 Å². The van der Waals surface area contributed by atoms with Crippen molar-refractivity contribution < 1.29 is 9.32 Å². The molecule has 2 aliphatic heterocycles. The van der Waals surface area contributed by atoms with E-state index in [0.717, 1.165) is 52.8 Å². The Labute approximate surface area is 222 Å². The Morgan fingerprint density at radius 3 is 2.68 bits per heavy atom. The molecule has 198 valence electrons. The summed E-state index contributed by atoms with van der Waals surface area (Å²) in [6, 6.07) is 10.2. The number of benzene rings is 1. The van der Waals surface area contributed by atoms with Gasteiger partial charge in [-0.05, 0) is 44.3 Å². The van der Waals surface area contributed by atoms with Crippen molar-refractivity contribution in [2.75, 3.05) is 19.6 Å². The van der Waals surface area contributed by atoms with E-state index in [1.165, 1.54) is 12.8 Å². The van der Waals surface area contributed by atoms with E-state index in [1.807, 2.05) is 46.3 Å².